The highest BCUT2D eigenvalue weighted by Gasteiger charge is 2.13. The van der Waals surface area contributed by atoms with Gasteiger partial charge in [-0.3, -0.25) is 4.98 Å². The molecule has 2 heterocycles. The topological polar surface area (TPSA) is 28.2 Å². The highest BCUT2D eigenvalue weighted by molar-refractivity contribution is 5.45. The molecule has 3 nitrogen and oxygen atoms in total. The summed E-state index contributed by atoms with van der Waals surface area (Å²) in [6.07, 6.45) is 5.11. The quantitative estimate of drug-likeness (QED) is 0.781. The van der Waals surface area contributed by atoms with Gasteiger partial charge in [-0.1, -0.05) is 6.92 Å². The van der Waals surface area contributed by atoms with Gasteiger partial charge in [0.05, 0.1) is 11.9 Å². The van der Waals surface area contributed by atoms with E-state index in [4.69, 9.17) is 0 Å². The number of anilines is 1. The molecule has 3 heteroatoms. The molecular formula is C13H21N3. The van der Waals surface area contributed by atoms with Gasteiger partial charge in [0, 0.05) is 19.3 Å². The minimum atomic E-state index is 0.695. The number of hydrogen-bond donors (Lipinski definition) is 1. The first-order chi connectivity index (χ1) is 7.75. The molecule has 1 unspecified atom stereocenters. The number of pyridine rings is 1. The molecule has 0 bridgehead atoms. The van der Waals surface area contributed by atoms with Crippen molar-refractivity contribution in [3.8, 4) is 0 Å². The molecule has 1 saturated heterocycles. The molecule has 16 heavy (non-hydrogen) atoms. The fourth-order valence-electron chi connectivity index (χ4n) is 2.22. The summed E-state index contributed by atoms with van der Waals surface area (Å²) >= 11 is 0. The highest BCUT2D eigenvalue weighted by atomic mass is 15.1. The van der Waals surface area contributed by atoms with Crippen molar-refractivity contribution in [2.75, 3.05) is 31.1 Å². The summed E-state index contributed by atoms with van der Waals surface area (Å²) in [5.41, 5.74) is 2.51. The van der Waals surface area contributed by atoms with Crippen LogP contribution in [0.25, 0.3) is 0 Å². The van der Waals surface area contributed by atoms with E-state index < -0.39 is 0 Å². The van der Waals surface area contributed by atoms with E-state index in [0.717, 1.165) is 26.2 Å². The molecule has 0 spiro atoms. The van der Waals surface area contributed by atoms with Gasteiger partial charge in [0.25, 0.3) is 0 Å². The van der Waals surface area contributed by atoms with Gasteiger partial charge in [-0.15, -0.1) is 0 Å². The summed E-state index contributed by atoms with van der Waals surface area (Å²) in [6, 6.07) is 2.23. The Morgan fingerprint density at radius 1 is 1.44 bits per heavy atom. The number of aromatic nitrogens is 1. The van der Waals surface area contributed by atoms with Crippen LogP contribution in [0.4, 0.5) is 5.69 Å². The van der Waals surface area contributed by atoms with Gasteiger partial charge in [0.1, 0.15) is 0 Å². The van der Waals surface area contributed by atoms with Crippen molar-refractivity contribution in [3.63, 3.8) is 0 Å². The van der Waals surface area contributed by atoms with E-state index in [-0.39, 0.29) is 0 Å². The van der Waals surface area contributed by atoms with Crippen molar-refractivity contribution in [2.24, 2.45) is 5.92 Å². The van der Waals surface area contributed by atoms with Crippen molar-refractivity contribution >= 4 is 5.69 Å². The fourth-order valence-corrected chi connectivity index (χ4v) is 2.22. The van der Waals surface area contributed by atoms with E-state index in [9.17, 15) is 0 Å². The molecule has 0 aromatic carbocycles. The summed E-state index contributed by atoms with van der Waals surface area (Å²) in [5.74, 6) is 0.695. The standard InChI is InChI=1S/C13H21N3/c1-11-6-13(9-15-7-11)16-5-3-4-14-8-12(2)10-16/h6-7,9,12,14H,3-5,8,10H2,1-2H3. The summed E-state index contributed by atoms with van der Waals surface area (Å²) in [6.45, 7) is 8.90. The smallest absolute Gasteiger partial charge is 0.0555 e. The van der Waals surface area contributed by atoms with Gasteiger partial charge in [0.2, 0.25) is 0 Å². The van der Waals surface area contributed by atoms with Crippen LogP contribution in [0.2, 0.25) is 0 Å². The first-order valence-corrected chi connectivity index (χ1v) is 6.13. The minimum absolute atomic E-state index is 0.695. The number of nitrogens with one attached hydrogen (secondary N) is 1. The Hall–Kier alpha value is -1.09. The number of nitrogens with zero attached hydrogens (tertiary/aromatic N) is 2. The van der Waals surface area contributed by atoms with Crippen molar-refractivity contribution in [3.05, 3.63) is 24.0 Å². The average molecular weight is 219 g/mol. The Balaban J connectivity index is 2.11. The Labute approximate surface area is 97.9 Å². The predicted molar refractivity (Wildman–Crippen MR) is 67.8 cm³/mol. The van der Waals surface area contributed by atoms with Gasteiger partial charge in [-0.05, 0) is 44.0 Å². The maximum atomic E-state index is 4.28. The molecule has 1 N–H and O–H groups in total. The predicted octanol–water partition coefficient (Wildman–Crippen LogP) is 1.83. The second kappa shape index (κ2) is 5.30. The van der Waals surface area contributed by atoms with Crippen molar-refractivity contribution < 1.29 is 0 Å². The zero-order chi connectivity index (χ0) is 11.4. The largest absolute Gasteiger partial charge is 0.370 e. The van der Waals surface area contributed by atoms with Gasteiger partial charge >= 0.3 is 0 Å². The third-order valence-corrected chi connectivity index (χ3v) is 3.03. The molecule has 0 saturated carbocycles. The maximum Gasteiger partial charge on any atom is 0.0555 e. The molecule has 88 valence electrons. The van der Waals surface area contributed by atoms with Crippen molar-refractivity contribution in [1.29, 1.82) is 0 Å². The van der Waals surface area contributed by atoms with Crippen LogP contribution in [0, 0.1) is 12.8 Å². The van der Waals surface area contributed by atoms with Gasteiger partial charge in [0.15, 0.2) is 0 Å². The van der Waals surface area contributed by atoms with E-state index >= 15 is 0 Å². The zero-order valence-corrected chi connectivity index (χ0v) is 10.2. The summed E-state index contributed by atoms with van der Waals surface area (Å²) in [5, 5.41) is 3.48. The van der Waals surface area contributed by atoms with E-state index in [1.54, 1.807) is 0 Å². The SMILES string of the molecule is Cc1cncc(N2CCCNCC(C)C2)c1. The number of aryl methyl sites for hydroxylation is 1. The first-order valence-electron chi connectivity index (χ1n) is 6.13. The normalized spacial score (nSPS) is 22.6. The average Bonchev–Trinajstić information content (AvgIpc) is 2.23. The lowest BCUT2D eigenvalue weighted by atomic mass is 10.1. The molecule has 2 rings (SSSR count). The van der Waals surface area contributed by atoms with Crippen LogP contribution in [0.3, 0.4) is 0 Å². The molecule has 1 aromatic rings. The van der Waals surface area contributed by atoms with Gasteiger partial charge in [-0.25, -0.2) is 0 Å². The highest BCUT2D eigenvalue weighted by Crippen LogP contribution is 2.17. The van der Waals surface area contributed by atoms with Crippen LogP contribution in [-0.2, 0) is 0 Å². The van der Waals surface area contributed by atoms with Crippen molar-refractivity contribution in [2.45, 2.75) is 20.3 Å². The molecule has 0 radical (unpaired) electrons. The van der Waals surface area contributed by atoms with E-state index in [1.807, 2.05) is 12.4 Å². The lowest BCUT2D eigenvalue weighted by molar-refractivity contribution is 0.468. The summed E-state index contributed by atoms with van der Waals surface area (Å²) in [7, 11) is 0. The van der Waals surface area contributed by atoms with E-state index in [2.05, 4.69) is 35.1 Å². The third-order valence-electron chi connectivity index (χ3n) is 3.03. The van der Waals surface area contributed by atoms with Crippen LogP contribution >= 0.6 is 0 Å². The molecule has 0 amide bonds. The van der Waals surface area contributed by atoms with Crippen LogP contribution < -0.4 is 10.2 Å². The lowest BCUT2D eigenvalue weighted by Gasteiger charge is -2.30. The zero-order valence-electron chi connectivity index (χ0n) is 10.2. The monoisotopic (exact) mass is 219 g/mol. The van der Waals surface area contributed by atoms with E-state index in [0.29, 0.717) is 5.92 Å². The molecule has 0 aliphatic carbocycles. The maximum absolute atomic E-state index is 4.28. The Morgan fingerprint density at radius 2 is 2.31 bits per heavy atom. The van der Waals surface area contributed by atoms with E-state index in [1.165, 1.54) is 17.7 Å². The van der Waals surface area contributed by atoms with Crippen LogP contribution in [0.1, 0.15) is 18.9 Å². The third kappa shape index (κ3) is 2.95. The number of hydrogen-bond acceptors (Lipinski definition) is 3. The minimum Gasteiger partial charge on any atom is -0.370 e. The Kier molecular flexibility index (Phi) is 3.78. The molecule has 1 fully saturated rings. The second-order valence-electron chi connectivity index (χ2n) is 4.83. The fraction of sp³-hybridized carbons (Fsp3) is 0.615. The molecule has 1 aliphatic rings. The number of rotatable bonds is 1. The lowest BCUT2D eigenvalue weighted by Crippen LogP contribution is -2.38. The Morgan fingerprint density at radius 3 is 3.12 bits per heavy atom. The molecular weight excluding hydrogens is 198 g/mol. The Bertz CT molecular complexity index is 338. The van der Waals surface area contributed by atoms with Crippen LogP contribution in [-0.4, -0.2) is 31.2 Å². The van der Waals surface area contributed by atoms with Gasteiger partial charge < -0.3 is 10.2 Å². The summed E-state index contributed by atoms with van der Waals surface area (Å²) < 4.78 is 0. The van der Waals surface area contributed by atoms with Crippen molar-refractivity contribution in [1.82, 2.24) is 10.3 Å². The second-order valence-corrected chi connectivity index (χ2v) is 4.83. The first kappa shape index (κ1) is 11.4. The van der Waals surface area contributed by atoms with Crippen LogP contribution in [0.15, 0.2) is 18.5 Å². The molecule has 1 aromatic heterocycles. The molecule has 1 aliphatic heterocycles. The summed E-state index contributed by atoms with van der Waals surface area (Å²) in [4.78, 5) is 6.75. The van der Waals surface area contributed by atoms with Crippen LogP contribution in [0.5, 0.6) is 0 Å². The van der Waals surface area contributed by atoms with Gasteiger partial charge in [-0.2, -0.15) is 0 Å². The molecule has 1 atom stereocenters.